The molecule has 1 unspecified atom stereocenters. The Morgan fingerprint density at radius 2 is 1.66 bits per heavy atom. The van der Waals surface area contributed by atoms with Crippen molar-refractivity contribution in [3.05, 3.63) is 102 Å². The molecule has 1 amide bonds. The number of amides is 1. The number of hydrogen-bond donors (Lipinski definition) is 1. The van der Waals surface area contributed by atoms with E-state index in [1.54, 1.807) is 65.4 Å². The van der Waals surface area contributed by atoms with Gasteiger partial charge in [0, 0.05) is 18.3 Å². The van der Waals surface area contributed by atoms with Crippen LogP contribution in [0.5, 0.6) is 0 Å². The molecule has 1 aromatic heterocycles. The maximum absolute atomic E-state index is 13.1. The highest BCUT2D eigenvalue weighted by Gasteiger charge is 2.20. The van der Waals surface area contributed by atoms with Crippen LogP contribution in [0.25, 0.3) is 5.69 Å². The van der Waals surface area contributed by atoms with E-state index in [1.165, 1.54) is 6.33 Å². The molecule has 1 N–H and O–H groups in total. The zero-order valence-electron chi connectivity index (χ0n) is 20.0. The fourth-order valence-electron chi connectivity index (χ4n) is 3.63. The number of aryl methyl sites for hydroxylation is 2. The minimum atomic E-state index is -3.73. The first-order chi connectivity index (χ1) is 16.7. The number of carbonyl (C=O) groups excluding carboxylic acids is 1. The second-order valence-corrected chi connectivity index (χ2v) is 10.1. The molecule has 35 heavy (non-hydrogen) atoms. The summed E-state index contributed by atoms with van der Waals surface area (Å²) in [6.45, 7) is 5.76. The second-order valence-electron chi connectivity index (χ2n) is 8.45. The number of hydrogen-bond acceptors (Lipinski definition) is 5. The number of carbonyl (C=O) groups is 1. The summed E-state index contributed by atoms with van der Waals surface area (Å²) in [4.78, 5) is 18.9. The van der Waals surface area contributed by atoms with Crippen molar-refractivity contribution in [1.82, 2.24) is 19.7 Å². The van der Waals surface area contributed by atoms with Crippen LogP contribution < -0.4 is 4.72 Å². The Hall–Kier alpha value is -3.98. The average Bonchev–Trinajstić information content (AvgIpc) is 3.40. The van der Waals surface area contributed by atoms with Gasteiger partial charge in [0.1, 0.15) is 12.7 Å². The number of nitrogens with one attached hydrogen (secondary N) is 1. The molecule has 0 saturated carbocycles. The van der Waals surface area contributed by atoms with Crippen molar-refractivity contribution in [3.8, 4) is 5.69 Å². The average molecular weight is 490 g/mol. The first-order valence-electron chi connectivity index (χ1n) is 11.1. The summed E-state index contributed by atoms with van der Waals surface area (Å²) in [6, 6.07) is 19.0. The predicted molar refractivity (Wildman–Crippen MR) is 135 cm³/mol. The Labute approximate surface area is 205 Å². The normalized spacial score (nSPS) is 12.2. The van der Waals surface area contributed by atoms with Crippen molar-refractivity contribution < 1.29 is 13.2 Å². The molecular formula is C26H27N5O3S. The van der Waals surface area contributed by atoms with E-state index >= 15 is 0 Å². The third-order valence-electron chi connectivity index (χ3n) is 6.13. The minimum Gasteiger partial charge on any atom is -0.335 e. The maximum Gasteiger partial charge on any atom is 0.261 e. The fourth-order valence-corrected chi connectivity index (χ4v) is 4.77. The summed E-state index contributed by atoms with van der Waals surface area (Å²) < 4.78 is 29.7. The molecule has 0 aliphatic heterocycles. The van der Waals surface area contributed by atoms with Gasteiger partial charge in [0.2, 0.25) is 0 Å². The van der Waals surface area contributed by atoms with Crippen molar-refractivity contribution in [2.45, 2.75) is 31.7 Å². The molecule has 0 aliphatic rings. The van der Waals surface area contributed by atoms with Crippen LogP contribution in [0.4, 0.5) is 5.69 Å². The van der Waals surface area contributed by atoms with Crippen molar-refractivity contribution in [2.75, 3.05) is 11.8 Å². The molecular weight excluding hydrogens is 462 g/mol. The predicted octanol–water partition coefficient (Wildman–Crippen LogP) is 4.52. The van der Waals surface area contributed by atoms with Gasteiger partial charge in [-0.05, 0) is 86.0 Å². The van der Waals surface area contributed by atoms with Crippen LogP contribution in [-0.4, -0.2) is 41.0 Å². The first-order valence-corrected chi connectivity index (χ1v) is 12.6. The van der Waals surface area contributed by atoms with E-state index in [-0.39, 0.29) is 16.8 Å². The van der Waals surface area contributed by atoms with Crippen LogP contribution >= 0.6 is 0 Å². The molecule has 4 aromatic rings. The quantitative estimate of drug-likeness (QED) is 0.412. The van der Waals surface area contributed by atoms with E-state index in [9.17, 15) is 13.2 Å². The molecule has 0 fully saturated rings. The molecule has 0 spiro atoms. The number of sulfonamides is 1. The van der Waals surface area contributed by atoms with E-state index in [1.807, 2.05) is 45.0 Å². The third kappa shape index (κ3) is 5.25. The van der Waals surface area contributed by atoms with Gasteiger partial charge >= 0.3 is 0 Å². The van der Waals surface area contributed by atoms with Gasteiger partial charge in [-0.1, -0.05) is 18.2 Å². The summed E-state index contributed by atoms with van der Waals surface area (Å²) in [5.41, 5.74) is 4.64. The van der Waals surface area contributed by atoms with Crippen LogP contribution in [0, 0.1) is 13.8 Å². The summed E-state index contributed by atoms with van der Waals surface area (Å²) in [6.07, 6.45) is 3.10. The molecule has 3 aromatic carbocycles. The zero-order valence-corrected chi connectivity index (χ0v) is 20.8. The van der Waals surface area contributed by atoms with Crippen LogP contribution in [0.1, 0.15) is 40.0 Å². The Morgan fingerprint density at radius 3 is 2.26 bits per heavy atom. The molecule has 0 saturated heterocycles. The lowest BCUT2D eigenvalue weighted by molar-refractivity contribution is 0.0742. The minimum absolute atomic E-state index is 0.165. The highest BCUT2D eigenvalue weighted by atomic mass is 32.2. The monoisotopic (exact) mass is 489 g/mol. The number of rotatable bonds is 7. The van der Waals surface area contributed by atoms with Crippen molar-refractivity contribution in [1.29, 1.82) is 0 Å². The summed E-state index contributed by atoms with van der Waals surface area (Å²) >= 11 is 0. The summed E-state index contributed by atoms with van der Waals surface area (Å²) in [7, 11) is -1.98. The van der Waals surface area contributed by atoms with E-state index < -0.39 is 10.0 Å². The zero-order chi connectivity index (χ0) is 25.2. The first kappa shape index (κ1) is 24.2. The molecule has 1 atom stereocenters. The maximum atomic E-state index is 13.1. The lowest BCUT2D eigenvalue weighted by Crippen LogP contribution is -2.29. The molecule has 180 valence electrons. The lowest BCUT2D eigenvalue weighted by Gasteiger charge is -2.25. The van der Waals surface area contributed by atoms with E-state index in [0.717, 1.165) is 22.4 Å². The molecule has 9 heteroatoms. The van der Waals surface area contributed by atoms with Crippen LogP contribution in [0.3, 0.4) is 0 Å². The standard InChI is InChI=1S/C26H27N5O3S/c1-18-5-14-25(15-19(18)2)35(33,34)29-23-10-6-22(7-11-23)26(32)30(4)20(3)21-8-12-24(13-9-21)31-17-27-16-28-31/h5-17,20,29H,1-4H3. The lowest BCUT2D eigenvalue weighted by atomic mass is 10.1. The van der Waals surface area contributed by atoms with Gasteiger partial charge in [-0.15, -0.1) is 0 Å². The van der Waals surface area contributed by atoms with E-state index in [2.05, 4.69) is 14.8 Å². The van der Waals surface area contributed by atoms with Crippen molar-refractivity contribution >= 4 is 21.6 Å². The van der Waals surface area contributed by atoms with Crippen molar-refractivity contribution in [3.63, 3.8) is 0 Å². The third-order valence-corrected chi connectivity index (χ3v) is 7.51. The summed E-state index contributed by atoms with van der Waals surface area (Å²) in [5, 5.41) is 4.12. The van der Waals surface area contributed by atoms with E-state index in [4.69, 9.17) is 0 Å². The van der Waals surface area contributed by atoms with Crippen LogP contribution in [-0.2, 0) is 10.0 Å². The van der Waals surface area contributed by atoms with Gasteiger partial charge in [0.05, 0.1) is 16.6 Å². The van der Waals surface area contributed by atoms with Crippen molar-refractivity contribution in [2.24, 2.45) is 0 Å². The number of nitrogens with zero attached hydrogens (tertiary/aromatic N) is 4. The van der Waals surface area contributed by atoms with Crippen LogP contribution in [0.15, 0.2) is 84.3 Å². The van der Waals surface area contributed by atoms with E-state index in [0.29, 0.717) is 11.3 Å². The Bertz CT molecular complexity index is 1430. The molecule has 8 nitrogen and oxygen atoms in total. The largest absolute Gasteiger partial charge is 0.335 e. The van der Waals surface area contributed by atoms with Gasteiger partial charge in [-0.3, -0.25) is 9.52 Å². The highest BCUT2D eigenvalue weighted by molar-refractivity contribution is 7.92. The Morgan fingerprint density at radius 1 is 0.971 bits per heavy atom. The van der Waals surface area contributed by atoms with Gasteiger partial charge in [-0.25, -0.2) is 18.1 Å². The molecule has 0 radical (unpaired) electrons. The van der Waals surface area contributed by atoms with Gasteiger partial charge in [-0.2, -0.15) is 5.10 Å². The van der Waals surface area contributed by atoms with Gasteiger partial charge in [0.25, 0.3) is 15.9 Å². The van der Waals surface area contributed by atoms with Gasteiger partial charge < -0.3 is 4.90 Å². The number of aromatic nitrogens is 3. The topological polar surface area (TPSA) is 97.2 Å². The Balaban J connectivity index is 1.44. The fraction of sp³-hybridized carbons (Fsp3) is 0.192. The Kier molecular flexibility index (Phi) is 6.70. The van der Waals surface area contributed by atoms with Crippen LogP contribution in [0.2, 0.25) is 0 Å². The molecule has 0 bridgehead atoms. The molecule has 1 heterocycles. The molecule has 4 rings (SSSR count). The highest BCUT2D eigenvalue weighted by Crippen LogP contribution is 2.24. The van der Waals surface area contributed by atoms with Gasteiger partial charge in [0.15, 0.2) is 0 Å². The molecule has 0 aliphatic carbocycles. The smallest absolute Gasteiger partial charge is 0.261 e. The number of benzene rings is 3. The second kappa shape index (κ2) is 9.71. The SMILES string of the molecule is Cc1ccc(S(=O)(=O)Nc2ccc(C(=O)N(C)C(C)c3ccc(-n4cncn4)cc3)cc2)cc1C. The summed E-state index contributed by atoms with van der Waals surface area (Å²) in [5.74, 6) is -0.165. The number of anilines is 1.